The van der Waals surface area contributed by atoms with Crippen molar-refractivity contribution in [1.29, 1.82) is 0 Å². The molecule has 0 bridgehead atoms. The van der Waals surface area contributed by atoms with Crippen molar-refractivity contribution >= 4 is 12.6 Å². The minimum absolute atomic E-state index is 0.569. The topological polar surface area (TPSA) is 27.2 Å². The summed E-state index contributed by atoms with van der Waals surface area (Å²) in [5, 5.41) is 0. The van der Waals surface area contributed by atoms with Gasteiger partial charge in [-0.2, -0.15) is 0 Å². The smallest absolute Gasteiger partial charge is 0.409 e. The molecule has 0 atom stereocenters. The molecule has 0 fully saturated rings. The molecule has 1 radical (unpaired) electrons. The third kappa shape index (κ3) is 0.682. The first kappa shape index (κ1) is 4.12. The van der Waals surface area contributed by atoms with Crippen molar-refractivity contribution < 1.29 is 4.42 Å². The maximum absolute atomic E-state index is 4.75. The highest BCUT2D eigenvalue weighted by Crippen LogP contribution is 2.01. The summed E-state index contributed by atoms with van der Waals surface area (Å²) in [6.07, 6.45) is 1.56. The van der Waals surface area contributed by atoms with E-state index in [0.717, 1.165) is 0 Å². The van der Waals surface area contributed by atoms with Gasteiger partial charge >= 0.3 is 5.88 Å². The largest absolute Gasteiger partial charge is 0.439 e. The van der Waals surface area contributed by atoms with Crippen molar-refractivity contribution in [3.63, 3.8) is 0 Å². The monoisotopic (exact) mass is 95.0 g/mol. The summed E-state index contributed by atoms with van der Waals surface area (Å²) in [7, 11) is 0. The van der Waals surface area contributed by atoms with Crippen LogP contribution in [-0.2, 0) is 0 Å². The van der Waals surface area contributed by atoms with E-state index < -0.39 is 0 Å². The summed E-state index contributed by atoms with van der Waals surface area (Å²) in [4.78, 5) is 3.51. The van der Waals surface area contributed by atoms with Gasteiger partial charge in [-0.3, -0.25) is 0 Å². The van der Waals surface area contributed by atoms with Gasteiger partial charge in [0.25, 0.3) is 0 Å². The summed E-state index contributed by atoms with van der Waals surface area (Å²) in [5.41, 5.74) is 0. The van der Waals surface area contributed by atoms with Gasteiger partial charge in [0.15, 0.2) is 0 Å². The predicted octanol–water partition coefficient (Wildman–Crippen LogP) is 0.947. The normalized spacial score (nSPS) is 8.57. The Balaban J connectivity index is 2.96. The molecule has 0 saturated carbocycles. The zero-order chi connectivity index (χ0) is 5.11. The summed E-state index contributed by atoms with van der Waals surface area (Å²) < 4.78 is 4.75. The summed E-state index contributed by atoms with van der Waals surface area (Å²) in [5.74, 6) is 0.569. The highest BCUT2D eigenvalue weighted by atomic mass is 16.3. The fraction of sp³-hybridized carbons (Fsp3) is 0. The lowest BCUT2D eigenvalue weighted by molar-refractivity contribution is 0.570. The maximum Gasteiger partial charge on any atom is 0.439 e. The molecule has 0 aliphatic rings. The average molecular weight is 95.1 g/mol. The fourth-order valence-corrected chi connectivity index (χ4v) is 0.360. The zero-order valence-electron chi connectivity index (χ0n) is 3.79. The van der Waals surface area contributed by atoms with Gasteiger partial charge in [0.1, 0.15) is 0 Å². The summed E-state index contributed by atoms with van der Waals surface area (Å²) >= 11 is 0. The van der Waals surface area contributed by atoms with Crippen LogP contribution >= 0.6 is 0 Å². The van der Waals surface area contributed by atoms with Gasteiger partial charge in [-0.25, -0.2) is 0 Å². The lowest BCUT2D eigenvalue weighted by Crippen LogP contribution is -1.65. The van der Waals surface area contributed by atoms with E-state index in [1.807, 2.05) is 0 Å². The first-order chi connectivity index (χ1) is 3.43. The van der Waals surface area contributed by atoms with Gasteiger partial charge in [-0.05, 0) is 6.07 Å². The van der Waals surface area contributed by atoms with E-state index in [4.69, 9.17) is 4.42 Å². The SMILES string of the molecule is C=[N+]c1ccco1. The Morgan fingerprint density at radius 1 is 1.71 bits per heavy atom. The van der Waals surface area contributed by atoms with Crippen LogP contribution in [0.25, 0.3) is 0 Å². The van der Waals surface area contributed by atoms with Crippen molar-refractivity contribution in [3.05, 3.63) is 18.4 Å². The number of hydrogen-bond donors (Lipinski definition) is 0. The van der Waals surface area contributed by atoms with Gasteiger partial charge in [-0.1, -0.05) is 0 Å². The zero-order valence-corrected chi connectivity index (χ0v) is 3.79. The van der Waals surface area contributed by atoms with E-state index in [9.17, 15) is 0 Å². The van der Waals surface area contributed by atoms with Crippen LogP contribution in [0.4, 0.5) is 5.88 Å². The second kappa shape index (κ2) is 1.60. The molecule has 1 aromatic heterocycles. The molecule has 0 amide bonds. The van der Waals surface area contributed by atoms with Gasteiger partial charge in [-0.15, -0.1) is 0 Å². The molecule has 0 aromatic carbocycles. The molecule has 0 saturated heterocycles. The molecule has 2 heteroatoms. The van der Waals surface area contributed by atoms with Crippen LogP contribution in [0.3, 0.4) is 0 Å². The summed E-state index contributed by atoms with van der Waals surface area (Å²) in [6.45, 7) is 3.26. The van der Waals surface area contributed by atoms with Crippen LogP contribution in [0.5, 0.6) is 0 Å². The fourth-order valence-electron chi connectivity index (χ4n) is 0.360. The molecular weight excluding hydrogens is 90.1 g/mol. The number of nitrogens with zero attached hydrogens (tertiary/aromatic N) is 1. The average Bonchev–Trinajstić information content (AvgIpc) is 2.14. The highest BCUT2D eigenvalue weighted by molar-refractivity contribution is 5.33. The van der Waals surface area contributed by atoms with E-state index in [2.05, 4.69) is 11.7 Å². The van der Waals surface area contributed by atoms with Gasteiger partial charge < -0.3 is 4.42 Å². The van der Waals surface area contributed by atoms with Crippen molar-refractivity contribution in [2.75, 3.05) is 0 Å². The van der Waals surface area contributed by atoms with Gasteiger partial charge in [0.2, 0.25) is 6.72 Å². The first-order valence-electron chi connectivity index (χ1n) is 1.94. The Kier molecular flexibility index (Phi) is 0.941. The van der Waals surface area contributed by atoms with E-state index in [1.54, 1.807) is 18.4 Å². The van der Waals surface area contributed by atoms with Crippen molar-refractivity contribution in [2.45, 2.75) is 0 Å². The van der Waals surface area contributed by atoms with Crippen LogP contribution in [0.2, 0.25) is 0 Å². The predicted molar refractivity (Wildman–Crippen MR) is 27.6 cm³/mol. The van der Waals surface area contributed by atoms with Gasteiger partial charge in [0.05, 0.1) is 17.3 Å². The molecule has 35 valence electrons. The first-order valence-corrected chi connectivity index (χ1v) is 1.94. The number of hydrogen-bond acceptors (Lipinski definition) is 2. The Hall–Kier alpha value is -1.05. The van der Waals surface area contributed by atoms with Gasteiger partial charge in [0, 0.05) is 0 Å². The molecule has 0 N–H and O–H groups in total. The molecule has 0 spiro atoms. The maximum atomic E-state index is 4.75. The third-order valence-electron chi connectivity index (χ3n) is 0.662. The Labute approximate surface area is 41.5 Å². The molecule has 0 aliphatic carbocycles. The van der Waals surface area contributed by atoms with Crippen molar-refractivity contribution in [3.8, 4) is 0 Å². The summed E-state index contributed by atoms with van der Waals surface area (Å²) in [6, 6.07) is 3.51. The lowest BCUT2D eigenvalue weighted by Gasteiger charge is -1.57. The second-order valence-electron chi connectivity index (χ2n) is 1.11. The second-order valence-corrected chi connectivity index (χ2v) is 1.11. The minimum Gasteiger partial charge on any atom is -0.409 e. The molecular formula is C5H5NO+. The molecule has 1 aromatic rings. The van der Waals surface area contributed by atoms with Crippen LogP contribution in [0.15, 0.2) is 22.8 Å². The number of furan rings is 1. The Morgan fingerprint density at radius 2 is 2.57 bits per heavy atom. The standard InChI is InChI=1S/C5H5NO/c1-6-5-3-2-4-7-5/h2-4H,1H2/q+1. The van der Waals surface area contributed by atoms with Crippen LogP contribution in [-0.4, -0.2) is 6.72 Å². The van der Waals surface area contributed by atoms with Crippen LogP contribution < -0.4 is 4.99 Å². The molecule has 0 aliphatic heterocycles. The number of rotatable bonds is 1. The lowest BCUT2D eigenvalue weighted by atomic mass is 10.6. The quantitative estimate of drug-likeness (QED) is 0.477. The van der Waals surface area contributed by atoms with Crippen molar-refractivity contribution in [2.24, 2.45) is 0 Å². The highest BCUT2D eigenvalue weighted by Gasteiger charge is 1.96. The van der Waals surface area contributed by atoms with E-state index in [1.165, 1.54) is 0 Å². The molecule has 0 unspecified atom stereocenters. The van der Waals surface area contributed by atoms with Crippen molar-refractivity contribution in [1.82, 2.24) is 4.99 Å². The Morgan fingerprint density at radius 3 is 2.86 bits per heavy atom. The molecule has 7 heavy (non-hydrogen) atoms. The molecule has 2 nitrogen and oxygen atoms in total. The molecule has 1 heterocycles. The Bertz CT molecular complexity index is 143. The van der Waals surface area contributed by atoms with E-state index in [-0.39, 0.29) is 0 Å². The van der Waals surface area contributed by atoms with E-state index in [0.29, 0.717) is 5.88 Å². The third-order valence-corrected chi connectivity index (χ3v) is 0.662. The number of aliphatic imine (C=N–C) groups is 1. The van der Waals surface area contributed by atoms with Crippen LogP contribution in [0.1, 0.15) is 0 Å². The molecule has 1 rings (SSSR count). The van der Waals surface area contributed by atoms with Crippen LogP contribution in [0, 0.1) is 0 Å². The minimum atomic E-state index is 0.569. The van der Waals surface area contributed by atoms with E-state index >= 15 is 0 Å².